The van der Waals surface area contributed by atoms with E-state index in [0.717, 1.165) is 21.9 Å². The van der Waals surface area contributed by atoms with Gasteiger partial charge in [-0.15, -0.1) is 0 Å². The molecule has 1 radical (unpaired) electrons. The topological polar surface area (TPSA) is 281 Å². The molecule has 2 aromatic carbocycles. The van der Waals surface area contributed by atoms with E-state index in [1.807, 2.05) is 18.8 Å². The van der Waals surface area contributed by atoms with Crippen LogP contribution in [0.15, 0.2) is 58.4 Å². The molecule has 0 bridgehead atoms. The maximum Gasteiger partial charge on any atom is 0.416 e. The number of cyclic esters (lactones) is 2. The molecular formula is C50H57F2IN10O13S2V. The maximum atomic E-state index is 14.7. The number of aryl methyl sites for hydroxylation is 4. The molecular weight excluding hydrogens is 1230 g/mol. The van der Waals surface area contributed by atoms with Crippen LogP contribution in [0.1, 0.15) is 43.0 Å². The SMILES string of the molecule is CI.Cc1cc(=O)n(C)c2c(OC(C)CCC[C@H]3CN(c4cnc5c(n4)CC(=O)CO5)C(=O)O3)c(F)ccc12.Cc1cc(=O)n(C)c2c(OCC=O)c(F)ccc12.NC[C@H]1CN(c2cnc3c(n2)NC(=O)CO3)C(=O)O1.S.S.[V]. The molecule has 29 heteroatoms. The normalized spacial score (nSPS) is 16.1. The maximum absolute atomic E-state index is 14.7. The largest absolute Gasteiger partial charge is 0.485 e. The predicted octanol–water partition coefficient (Wildman–Crippen LogP) is 5.17. The molecule has 3 amide bonds. The van der Waals surface area contributed by atoms with Gasteiger partial charge in [-0.1, -0.05) is 22.6 Å². The zero-order chi connectivity index (χ0) is 55.0. The van der Waals surface area contributed by atoms with Crippen molar-refractivity contribution in [2.75, 3.05) is 59.5 Å². The number of aromatic nitrogens is 6. The molecule has 8 heterocycles. The van der Waals surface area contributed by atoms with Crippen molar-refractivity contribution >= 4 is 119 Å². The summed E-state index contributed by atoms with van der Waals surface area (Å²) in [5.41, 5.74) is 7.66. The number of ether oxygens (including phenoxy) is 6. The number of nitrogens with one attached hydrogen (secondary N) is 1. The third-order valence-electron chi connectivity index (χ3n) is 12.2. The van der Waals surface area contributed by atoms with Gasteiger partial charge >= 0.3 is 12.2 Å². The van der Waals surface area contributed by atoms with Crippen LogP contribution in [0, 0.1) is 25.5 Å². The van der Waals surface area contributed by atoms with E-state index in [1.165, 1.54) is 62.6 Å². The molecule has 4 aliphatic rings. The van der Waals surface area contributed by atoms with Crippen LogP contribution < -0.4 is 50.9 Å². The van der Waals surface area contributed by atoms with Crippen molar-refractivity contribution in [3.8, 4) is 23.3 Å². The van der Waals surface area contributed by atoms with E-state index in [-0.39, 0.29) is 148 Å². The predicted molar refractivity (Wildman–Crippen MR) is 301 cm³/mol. The monoisotopic (exact) mass is 1290 g/mol. The van der Waals surface area contributed by atoms with E-state index >= 15 is 0 Å². The molecule has 10 rings (SSSR count). The quantitative estimate of drug-likeness (QED) is 0.0908. The van der Waals surface area contributed by atoms with Crippen molar-refractivity contribution < 1.29 is 79.7 Å². The van der Waals surface area contributed by atoms with Crippen molar-refractivity contribution in [2.24, 2.45) is 19.8 Å². The number of carbonyl (C=O) groups is 5. The van der Waals surface area contributed by atoms with E-state index in [0.29, 0.717) is 67.1 Å². The summed E-state index contributed by atoms with van der Waals surface area (Å²) in [6.07, 6.45) is 3.17. The van der Waals surface area contributed by atoms with Crippen LogP contribution in [0.25, 0.3) is 21.8 Å². The van der Waals surface area contributed by atoms with Crippen molar-refractivity contribution in [3.05, 3.63) is 98.0 Å². The summed E-state index contributed by atoms with van der Waals surface area (Å²) in [7, 11) is 3.14. The van der Waals surface area contributed by atoms with Gasteiger partial charge in [-0.3, -0.25) is 33.8 Å². The van der Waals surface area contributed by atoms with Gasteiger partial charge in [-0.2, -0.15) is 27.0 Å². The molecule has 2 fully saturated rings. The van der Waals surface area contributed by atoms with Crippen molar-refractivity contribution in [1.82, 2.24) is 29.1 Å². The molecule has 79 heavy (non-hydrogen) atoms. The first-order valence-corrected chi connectivity index (χ1v) is 25.7. The van der Waals surface area contributed by atoms with Gasteiger partial charge in [0.05, 0.1) is 49.0 Å². The Balaban J connectivity index is 0.000000271. The Labute approximate surface area is 490 Å². The van der Waals surface area contributed by atoms with Crippen LogP contribution in [0.4, 0.5) is 35.8 Å². The average Bonchev–Trinajstić information content (AvgIpc) is 4.06. The third kappa shape index (κ3) is 15.0. The zero-order valence-corrected chi connectivity index (χ0v) is 49.1. The van der Waals surface area contributed by atoms with Crippen LogP contribution in [0.5, 0.6) is 23.3 Å². The van der Waals surface area contributed by atoms with Gasteiger partial charge in [-0.05, 0) is 80.4 Å². The zero-order valence-electron chi connectivity index (χ0n) is 43.5. The number of nitrogens with two attached hydrogens (primary N) is 1. The third-order valence-corrected chi connectivity index (χ3v) is 12.2. The van der Waals surface area contributed by atoms with Crippen LogP contribution >= 0.6 is 49.6 Å². The number of Topliss-reactive ketones (excluding diaryl/α,β-unsaturated/α-hetero) is 1. The molecule has 23 nitrogen and oxygen atoms in total. The molecule has 0 saturated carbocycles. The van der Waals surface area contributed by atoms with Gasteiger partial charge in [0.2, 0.25) is 5.88 Å². The summed E-state index contributed by atoms with van der Waals surface area (Å²) in [6, 6.07) is 8.84. The first-order valence-electron chi connectivity index (χ1n) is 23.6. The molecule has 0 aliphatic carbocycles. The first-order chi connectivity index (χ1) is 36.4. The number of benzene rings is 2. The standard InChI is InChI=1S/C26H27FN4O6.C13H12FNO3.C10H11N5O4.CH3I.2H2S.V/c1-14-9-22(33)30(3)23-18(14)7-8-19(27)24(23)36-15(2)5-4-6-17-12-31(26(34)37-17)21-11-28-25-20(29-21)10-16(32)13-35-25;1-8-7-11(17)15(2)12-9(8)3-4-10(14)13(12)18-6-5-16;11-1-5-3-15(10(17)19-5)6-2-12-9-8(13-6)14-7(16)4-18-9;1-2;;;/h7-9,11,15,17H,4-6,10,12-13H2,1-3H3;3-5,7H,6H2,1-2H3;2,5H,1,3-4,11H2,(H,13,14,16);1H3;2*1H2;/t15?,17-;;5-;;;;/m0.0..../s1. The fraction of sp³-hybridized carbons (Fsp3) is 0.380. The minimum absolute atomic E-state index is 0. The molecule has 4 aliphatic heterocycles. The van der Waals surface area contributed by atoms with E-state index in [9.17, 15) is 42.3 Å². The molecule has 423 valence electrons. The summed E-state index contributed by atoms with van der Waals surface area (Å²) in [5.74, 6) is -0.227. The Morgan fingerprint density at radius 1 is 0.797 bits per heavy atom. The average molecular weight is 1290 g/mol. The van der Waals surface area contributed by atoms with Crippen molar-refractivity contribution in [3.63, 3.8) is 0 Å². The summed E-state index contributed by atoms with van der Waals surface area (Å²) in [4.78, 5) is 103. The molecule has 3 N–H and O–H groups in total. The Morgan fingerprint density at radius 3 is 1.91 bits per heavy atom. The van der Waals surface area contributed by atoms with Gasteiger partial charge in [0.25, 0.3) is 22.9 Å². The minimum Gasteiger partial charge on any atom is -0.485 e. The second-order valence-corrected chi connectivity index (χ2v) is 17.5. The Hall–Kier alpha value is -6.60. The fourth-order valence-electron chi connectivity index (χ4n) is 8.43. The molecule has 2 saturated heterocycles. The Kier molecular flexibility index (Phi) is 23.9. The van der Waals surface area contributed by atoms with Crippen molar-refractivity contribution in [2.45, 2.75) is 64.8 Å². The van der Waals surface area contributed by atoms with Crippen LogP contribution in [-0.4, -0.2) is 122 Å². The number of pyridine rings is 2. The number of amides is 3. The Morgan fingerprint density at radius 2 is 1.33 bits per heavy atom. The number of fused-ring (bicyclic) bond motifs is 4. The van der Waals surface area contributed by atoms with Crippen LogP contribution in [0.2, 0.25) is 0 Å². The molecule has 4 aromatic heterocycles. The number of carbonyl (C=O) groups excluding carboxylic acids is 5. The molecule has 1 unspecified atom stereocenters. The summed E-state index contributed by atoms with van der Waals surface area (Å²) < 4.78 is 63.1. The number of halogens is 3. The minimum atomic E-state index is -0.593. The number of ketones is 1. The van der Waals surface area contributed by atoms with Gasteiger partial charge in [0, 0.05) is 62.1 Å². The van der Waals surface area contributed by atoms with E-state index < -0.39 is 23.8 Å². The van der Waals surface area contributed by atoms with Crippen LogP contribution in [-0.2, 0) is 62.9 Å². The number of anilines is 3. The molecule has 0 spiro atoms. The van der Waals surface area contributed by atoms with Gasteiger partial charge in [-0.25, -0.2) is 38.3 Å². The number of alkyl halides is 1. The Bertz CT molecular complexity index is 3360. The number of aldehydes is 1. The van der Waals surface area contributed by atoms with Crippen molar-refractivity contribution in [1.29, 1.82) is 0 Å². The molecule has 6 aromatic rings. The van der Waals surface area contributed by atoms with E-state index in [2.05, 4.69) is 47.8 Å². The number of nitrogens with zero attached hydrogens (tertiary/aromatic N) is 8. The number of hydrogen-bond donors (Lipinski definition) is 2. The number of rotatable bonds is 12. The van der Waals surface area contributed by atoms with Crippen LogP contribution in [0.3, 0.4) is 0 Å². The van der Waals surface area contributed by atoms with E-state index in [4.69, 9.17) is 34.2 Å². The van der Waals surface area contributed by atoms with Gasteiger partial charge < -0.3 is 48.6 Å². The van der Waals surface area contributed by atoms with Gasteiger partial charge in [0.1, 0.15) is 31.1 Å². The van der Waals surface area contributed by atoms with E-state index in [1.54, 1.807) is 26.1 Å². The first kappa shape index (κ1) is 64.9. The second kappa shape index (κ2) is 29.0. The molecule has 3 atom stereocenters. The second-order valence-electron chi connectivity index (χ2n) is 17.5. The number of hydrogen-bond acceptors (Lipinski definition) is 18. The summed E-state index contributed by atoms with van der Waals surface area (Å²) in [6.45, 7) is 5.89. The summed E-state index contributed by atoms with van der Waals surface area (Å²) in [5, 5.41) is 4.00. The fourth-order valence-corrected chi connectivity index (χ4v) is 8.43. The summed E-state index contributed by atoms with van der Waals surface area (Å²) >= 11 is 2.15. The van der Waals surface area contributed by atoms with Gasteiger partial charge in [0.15, 0.2) is 59.3 Å². The smallest absolute Gasteiger partial charge is 0.416 e.